The zero-order valence-electron chi connectivity index (χ0n) is 15.1. The fourth-order valence-electron chi connectivity index (χ4n) is 3.88. The predicted octanol–water partition coefficient (Wildman–Crippen LogP) is 1.79. The number of rotatable bonds is 5. The van der Waals surface area contributed by atoms with E-state index in [-0.39, 0.29) is 18.1 Å². The first kappa shape index (κ1) is 17.0. The van der Waals surface area contributed by atoms with E-state index in [0.717, 1.165) is 24.3 Å². The molecule has 7 nitrogen and oxygen atoms in total. The molecular formula is C19H23N3O4. The maximum atomic E-state index is 12.6. The lowest BCUT2D eigenvalue weighted by atomic mass is 10.0. The number of hydrogen-bond acceptors (Lipinski definition) is 6. The lowest BCUT2D eigenvalue weighted by Crippen LogP contribution is -2.32. The molecule has 3 heterocycles. The third kappa shape index (κ3) is 3.58. The first-order valence-corrected chi connectivity index (χ1v) is 8.96. The summed E-state index contributed by atoms with van der Waals surface area (Å²) in [6, 6.07) is 7.66. The molecule has 2 aliphatic rings. The minimum Gasteiger partial charge on any atom is -0.497 e. The Morgan fingerprint density at radius 3 is 3.00 bits per heavy atom. The Labute approximate surface area is 152 Å². The summed E-state index contributed by atoms with van der Waals surface area (Å²) in [4.78, 5) is 18.8. The van der Waals surface area contributed by atoms with Crippen LogP contribution in [0.3, 0.4) is 0 Å². The Morgan fingerprint density at radius 2 is 2.27 bits per heavy atom. The van der Waals surface area contributed by atoms with Gasteiger partial charge in [-0.25, -0.2) is 0 Å². The van der Waals surface area contributed by atoms with Crippen LogP contribution in [0.2, 0.25) is 0 Å². The van der Waals surface area contributed by atoms with Crippen LogP contribution in [0.1, 0.15) is 23.7 Å². The SMILES string of the molecule is COc1cccc(CC(=O)N2C[C@@H]3C[C@H](Cc4nc(C)no4)O[C@@H]3C2)c1. The molecule has 0 N–H and O–H groups in total. The fourth-order valence-corrected chi connectivity index (χ4v) is 3.88. The summed E-state index contributed by atoms with van der Waals surface area (Å²) in [5.74, 6) is 2.57. The fraction of sp³-hybridized carbons (Fsp3) is 0.526. The van der Waals surface area contributed by atoms with E-state index in [4.69, 9.17) is 14.0 Å². The average Bonchev–Trinajstić information content (AvgIpc) is 3.30. The molecule has 3 atom stereocenters. The van der Waals surface area contributed by atoms with E-state index in [9.17, 15) is 4.79 Å². The molecule has 1 amide bonds. The lowest BCUT2D eigenvalue weighted by molar-refractivity contribution is -0.130. The highest BCUT2D eigenvalue weighted by Gasteiger charge is 2.43. The molecule has 138 valence electrons. The standard InChI is InChI=1S/C19H23N3O4/c1-12-20-18(26-21-12)9-16-8-14-10-22(11-17(14)25-16)19(23)7-13-4-3-5-15(6-13)24-2/h3-6,14,16-17H,7-11H2,1-2H3/t14-,16+,17+/m0/s1. The second-order valence-electron chi connectivity index (χ2n) is 7.06. The molecule has 4 rings (SSSR count). The maximum absolute atomic E-state index is 12.6. The summed E-state index contributed by atoms with van der Waals surface area (Å²) < 4.78 is 16.5. The number of methoxy groups -OCH3 is 1. The van der Waals surface area contributed by atoms with Crippen LogP contribution in [0.25, 0.3) is 0 Å². The highest BCUT2D eigenvalue weighted by molar-refractivity contribution is 5.79. The molecule has 0 spiro atoms. The molecule has 2 saturated heterocycles. The summed E-state index contributed by atoms with van der Waals surface area (Å²) >= 11 is 0. The second kappa shape index (κ2) is 7.07. The number of hydrogen-bond donors (Lipinski definition) is 0. The van der Waals surface area contributed by atoms with Crippen molar-refractivity contribution in [1.82, 2.24) is 15.0 Å². The number of likely N-dealkylation sites (tertiary alicyclic amines) is 1. The average molecular weight is 357 g/mol. The van der Waals surface area contributed by atoms with Gasteiger partial charge in [0.25, 0.3) is 0 Å². The number of nitrogens with zero attached hydrogens (tertiary/aromatic N) is 3. The number of fused-ring (bicyclic) bond motifs is 1. The summed E-state index contributed by atoms with van der Waals surface area (Å²) in [7, 11) is 1.63. The number of carbonyl (C=O) groups is 1. The smallest absolute Gasteiger partial charge is 0.229 e. The number of amides is 1. The van der Waals surface area contributed by atoms with Crippen molar-refractivity contribution < 1.29 is 18.8 Å². The van der Waals surface area contributed by atoms with Gasteiger partial charge in [0.15, 0.2) is 5.82 Å². The largest absolute Gasteiger partial charge is 0.497 e. The number of benzene rings is 1. The van der Waals surface area contributed by atoms with Gasteiger partial charge in [-0.15, -0.1) is 0 Å². The molecule has 0 saturated carbocycles. The van der Waals surface area contributed by atoms with Gasteiger partial charge in [-0.1, -0.05) is 17.3 Å². The van der Waals surface area contributed by atoms with Crippen LogP contribution in [-0.2, 0) is 22.4 Å². The normalized spacial score (nSPS) is 24.7. The molecule has 0 radical (unpaired) electrons. The van der Waals surface area contributed by atoms with E-state index >= 15 is 0 Å². The van der Waals surface area contributed by atoms with Crippen LogP contribution in [-0.4, -0.2) is 53.4 Å². The molecule has 0 aliphatic carbocycles. The third-order valence-corrected chi connectivity index (χ3v) is 5.13. The number of aromatic nitrogens is 2. The molecular weight excluding hydrogens is 334 g/mol. The minimum atomic E-state index is 0.0977. The first-order valence-electron chi connectivity index (χ1n) is 8.96. The Kier molecular flexibility index (Phi) is 4.63. The van der Waals surface area contributed by atoms with E-state index in [1.54, 1.807) is 7.11 Å². The number of carbonyl (C=O) groups excluding carboxylic acids is 1. The van der Waals surface area contributed by atoms with Gasteiger partial charge in [-0.2, -0.15) is 4.98 Å². The van der Waals surface area contributed by atoms with Crippen LogP contribution in [0, 0.1) is 12.8 Å². The van der Waals surface area contributed by atoms with Gasteiger partial charge in [0, 0.05) is 19.0 Å². The first-order chi connectivity index (χ1) is 12.6. The van der Waals surface area contributed by atoms with Crippen LogP contribution >= 0.6 is 0 Å². The molecule has 7 heteroatoms. The van der Waals surface area contributed by atoms with Crippen molar-refractivity contribution in [3.8, 4) is 5.75 Å². The van der Waals surface area contributed by atoms with Crippen molar-refractivity contribution in [2.45, 2.75) is 38.4 Å². The van der Waals surface area contributed by atoms with E-state index in [0.29, 0.717) is 37.0 Å². The van der Waals surface area contributed by atoms with Crippen molar-refractivity contribution in [3.63, 3.8) is 0 Å². The monoisotopic (exact) mass is 357 g/mol. The zero-order chi connectivity index (χ0) is 18.1. The van der Waals surface area contributed by atoms with E-state index in [2.05, 4.69) is 10.1 Å². The van der Waals surface area contributed by atoms with E-state index in [1.807, 2.05) is 36.1 Å². The summed E-state index contributed by atoms with van der Waals surface area (Å²) in [6.45, 7) is 3.22. The summed E-state index contributed by atoms with van der Waals surface area (Å²) in [5, 5.41) is 3.81. The molecule has 2 fully saturated rings. The van der Waals surface area contributed by atoms with Crippen molar-refractivity contribution in [2.24, 2.45) is 5.92 Å². The Balaban J connectivity index is 1.30. The van der Waals surface area contributed by atoms with Crippen molar-refractivity contribution in [2.75, 3.05) is 20.2 Å². The van der Waals surface area contributed by atoms with Crippen LogP contribution in [0.4, 0.5) is 0 Å². The van der Waals surface area contributed by atoms with Crippen LogP contribution < -0.4 is 4.74 Å². The Morgan fingerprint density at radius 1 is 1.38 bits per heavy atom. The third-order valence-electron chi connectivity index (χ3n) is 5.13. The van der Waals surface area contributed by atoms with Crippen molar-refractivity contribution in [3.05, 3.63) is 41.5 Å². The highest BCUT2D eigenvalue weighted by Crippen LogP contribution is 2.34. The zero-order valence-corrected chi connectivity index (χ0v) is 15.1. The predicted molar refractivity (Wildman–Crippen MR) is 92.8 cm³/mol. The number of aryl methyl sites for hydroxylation is 1. The molecule has 2 aromatic rings. The van der Waals surface area contributed by atoms with Gasteiger partial charge in [0.2, 0.25) is 11.8 Å². The summed E-state index contributed by atoms with van der Waals surface area (Å²) in [6.07, 6.45) is 2.17. The van der Waals surface area contributed by atoms with Crippen LogP contribution in [0.15, 0.2) is 28.8 Å². The number of ether oxygens (including phenoxy) is 2. The molecule has 2 aliphatic heterocycles. The van der Waals surface area contributed by atoms with Gasteiger partial charge in [0.05, 0.1) is 32.2 Å². The van der Waals surface area contributed by atoms with Gasteiger partial charge in [-0.05, 0) is 31.0 Å². The lowest BCUT2D eigenvalue weighted by Gasteiger charge is -2.19. The quantitative estimate of drug-likeness (QED) is 0.812. The molecule has 1 aromatic heterocycles. The van der Waals surface area contributed by atoms with Gasteiger partial charge in [-0.3, -0.25) is 4.79 Å². The molecule has 0 unspecified atom stereocenters. The topological polar surface area (TPSA) is 77.7 Å². The van der Waals surface area contributed by atoms with Crippen LogP contribution in [0.5, 0.6) is 5.75 Å². The molecule has 26 heavy (non-hydrogen) atoms. The van der Waals surface area contributed by atoms with Crippen molar-refractivity contribution >= 4 is 5.91 Å². The van der Waals surface area contributed by atoms with E-state index in [1.165, 1.54) is 0 Å². The van der Waals surface area contributed by atoms with Crippen molar-refractivity contribution in [1.29, 1.82) is 0 Å². The minimum absolute atomic E-state index is 0.0977. The highest BCUT2D eigenvalue weighted by atomic mass is 16.5. The van der Waals surface area contributed by atoms with Gasteiger partial charge in [0.1, 0.15) is 5.75 Å². The molecule has 1 aromatic carbocycles. The van der Waals surface area contributed by atoms with Gasteiger partial charge < -0.3 is 18.9 Å². The summed E-state index contributed by atoms with van der Waals surface area (Å²) in [5.41, 5.74) is 0.969. The van der Waals surface area contributed by atoms with E-state index < -0.39 is 0 Å². The molecule has 0 bridgehead atoms. The Hall–Kier alpha value is -2.41. The van der Waals surface area contributed by atoms with Gasteiger partial charge >= 0.3 is 0 Å². The Bertz CT molecular complexity index is 777. The maximum Gasteiger partial charge on any atom is 0.229 e. The second-order valence-corrected chi connectivity index (χ2v) is 7.06.